The largest absolute Gasteiger partial charge is 0.330 e. The molecule has 80 valence electrons. The Balaban J connectivity index is 1.92. The van der Waals surface area contributed by atoms with Crippen LogP contribution < -0.4 is 0 Å². The average molecular weight is 213 g/mol. The van der Waals surface area contributed by atoms with Crippen molar-refractivity contribution >= 4 is 17.7 Å². The van der Waals surface area contributed by atoms with Crippen molar-refractivity contribution in [3.63, 3.8) is 0 Å². The minimum Gasteiger partial charge on any atom is -0.330 e. The van der Waals surface area contributed by atoms with E-state index in [1.807, 2.05) is 11.8 Å². The monoisotopic (exact) mass is 213 g/mol. The van der Waals surface area contributed by atoms with Crippen LogP contribution in [-0.4, -0.2) is 28.5 Å². The Labute approximate surface area is 90.4 Å². The van der Waals surface area contributed by atoms with Crippen LogP contribution in [0.1, 0.15) is 39.0 Å². The lowest BCUT2D eigenvalue weighted by Gasteiger charge is -2.28. The molecule has 0 aromatic carbocycles. The summed E-state index contributed by atoms with van der Waals surface area (Å²) in [7, 11) is 0. The van der Waals surface area contributed by atoms with Crippen LogP contribution in [0.2, 0.25) is 0 Å². The molecular weight excluding hydrogens is 194 g/mol. The quantitative estimate of drug-likeness (QED) is 0.667. The molecule has 0 aromatic heterocycles. The van der Waals surface area contributed by atoms with Gasteiger partial charge in [-0.25, -0.2) is 0 Å². The van der Waals surface area contributed by atoms with Crippen molar-refractivity contribution in [2.75, 3.05) is 12.3 Å². The van der Waals surface area contributed by atoms with Crippen molar-refractivity contribution in [3.05, 3.63) is 0 Å². The number of carbonyl (C=O) groups is 1. The molecule has 14 heavy (non-hydrogen) atoms. The maximum atomic E-state index is 12.1. The van der Waals surface area contributed by atoms with Crippen LogP contribution in [0.3, 0.4) is 0 Å². The van der Waals surface area contributed by atoms with Gasteiger partial charge in [-0.15, -0.1) is 11.8 Å². The molecule has 2 rings (SSSR count). The highest BCUT2D eigenvalue weighted by Gasteiger charge is 2.31. The predicted octanol–water partition coefficient (Wildman–Crippen LogP) is 2.49. The van der Waals surface area contributed by atoms with Crippen molar-refractivity contribution in [1.82, 2.24) is 4.90 Å². The van der Waals surface area contributed by atoms with E-state index >= 15 is 0 Å². The van der Waals surface area contributed by atoms with E-state index in [2.05, 4.69) is 11.8 Å². The summed E-state index contributed by atoms with van der Waals surface area (Å²) in [5, 5.41) is 0.421. The Kier molecular flexibility index (Phi) is 3.37. The number of rotatable bonds is 1. The molecule has 1 aliphatic carbocycles. The third-order valence-electron chi connectivity index (χ3n) is 3.37. The summed E-state index contributed by atoms with van der Waals surface area (Å²) >= 11 is 1.90. The molecule has 0 aromatic rings. The number of carbonyl (C=O) groups excluding carboxylic acids is 1. The SMILES string of the molecule is CC1SCCN1C(=O)C1CCCCC1. The van der Waals surface area contributed by atoms with Gasteiger partial charge in [-0.05, 0) is 19.8 Å². The molecule has 1 saturated heterocycles. The van der Waals surface area contributed by atoms with Crippen LogP contribution in [0.25, 0.3) is 0 Å². The highest BCUT2D eigenvalue weighted by Crippen LogP contribution is 2.30. The second kappa shape index (κ2) is 4.56. The zero-order chi connectivity index (χ0) is 9.97. The normalized spacial score (nSPS) is 29.5. The lowest BCUT2D eigenvalue weighted by atomic mass is 9.88. The van der Waals surface area contributed by atoms with E-state index in [-0.39, 0.29) is 0 Å². The molecule has 1 unspecified atom stereocenters. The van der Waals surface area contributed by atoms with Crippen molar-refractivity contribution < 1.29 is 4.79 Å². The van der Waals surface area contributed by atoms with Gasteiger partial charge >= 0.3 is 0 Å². The average Bonchev–Trinajstić information content (AvgIpc) is 2.65. The molecule has 2 nitrogen and oxygen atoms in total. The number of thioether (sulfide) groups is 1. The smallest absolute Gasteiger partial charge is 0.226 e. The van der Waals surface area contributed by atoms with Gasteiger partial charge in [0.1, 0.15) is 0 Å². The summed E-state index contributed by atoms with van der Waals surface area (Å²) in [6.45, 7) is 3.12. The maximum absolute atomic E-state index is 12.1. The van der Waals surface area contributed by atoms with E-state index in [1.54, 1.807) is 0 Å². The Hall–Kier alpha value is -0.180. The first-order chi connectivity index (χ1) is 6.79. The first kappa shape index (κ1) is 10.3. The fraction of sp³-hybridized carbons (Fsp3) is 0.909. The van der Waals surface area contributed by atoms with E-state index in [4.69, 9.17) is 0 Å². The molecule has 1 amide bonds. The molecule has 2 fully saturated rings. The Morgan fingerprint density at radius 2 is 2.00 bits per heavy atom. The molecule has 0 spiro atoms. The van der Waals surface area contributed by atoms with Crippen molar-refractivity contribution in [2.45, 2.75) is 44.4 Å². The molecule has 1 aliphatic heterocycles. The molecule has 0 bridgehead atoms. The molecule has 2 aliphatic rings. The summed E-state index contributed by atoms with van der Waals surface area (Å²) in [5.41, 5.74) is 0. The third-order valence-corrected chi connectivity index (χ3v) is 4.52. The van der Waals surface area contributed by atoms with E-state index in [0.717, 1.165) is 25.1 Å². The van der Waals surface area contributed by atoms with Crippen LogP contribution in [0, 0.1) is 5.92 Å². The Morgan fingerprint density at radius 3 is 2.57 bits per heavy atom. The maximum Gasteiger partial charge on any atom is 0.226 e. The Bertz CT molecular complexity index is 213. The number of hydrogen-bond acceptors (Lipinski definition) is 2. The Morgan fingerprint density at radius 1 is 1.29 bits per heavy atom. The van der Waals surface area contributed by atoms with E-state index < -0.39 is 0 Å². The van der Waals surface area contributed by atoms with Gasteiger partial charge in [0.15, 0.2) is 0 Å². The molecule has 1 saturated carbocycles. The number of amides is 1. The van der Waals surface area contributed by atoms with Gasteiger partial charge in [0.25, 0.3) is 0 Å². The number of nitrogens with zero attached hydrogens (tertiary/aromatic N) is 1. The first-order valence-corrected chi connectivity index (χ1v) is 6.76. The molecule has 1 heterocycles. The second-order valence-corrected chi connectivity index (χ2v) is 5.76. The number of hydrogen-bond donors (Lipinski definition) is 0. The molecule has 0 radical (unpaired) electrons. The molecule has 3 heteroatoms. The standard InChI is InChI=1S/C11H19NOS/c1-9-12(7-8-14-9)11(13)10-5-3-2-4-6-10/h9-10H,2-8H2,1H3. The topological polar surface area (TPSA) is 20.3 Å². The minimum atomic E-state index is 0.352. The highest BCUT2D eigenvalue weighted by molar-refractivity contribution is 8.00. The summed E-state index contributed by atoms with van der Waals surface area (Å²) < 4.78 is 0. The molecule has 0 N–H and O–H groups in total. The van der Waals surface area contributed by atoms with Crippen LogP contribution in [0.5, 0.6) is 0 Å². The molecule has 1 atom stereocenters. The van der Waals surface area contributed by atoms with Crippen molar-refractivity contribution in [1.29, 1.82) is 0 Å². The summed E-state index contributed by atoms with van der Waals surface area (Å²) in [5.74, 6) is 1.91. The second-order valence-electron chi connectivity index (χ2n) is 4.34. The van der Waals surface area contributed by atoms with Crippen LogP contribution >= 0.6 is 11.8 Å². The first-order valence-electron chi connectivity index (χ1n) is 5.71. The summed E-state index contributed by atoms with van der Waals surface area (Å²) in [6.07, 6.45) is 6.10. The van der Waals surface area contributed by atoms with E-state index in [0.29, 0.717) is 17.2 Å². The van der Waals surface area contributed by atoms with Crippen LogP contribution in [-0.2, 0) is 4.79 Å². The predicted molar refractivity (Wildman–Crippen MR) is 60.2 cm³/mol. The van der Waals surface area contributed by atoms with Gasteiger partial charge < -0.3 is 4.90 Å². The van der Waals surface area contributed by atoms with Gasteiger partial charge in [-0.1, -0.05) is 19.3 Å². The van der Waals surface area contributed by atoms with Gasteiger partial charge in [-0.3, -0.25) is 4.79 Å². The fourth-order valence-electron chi connectivity index (χ4n) is 2.47. The summed E-state index contributed by atoms with van der Waals surface area (Å²) in [4.78, 5) is 14.2. The highest BCUT2D eigenvalue weighted by atomic mass is 32.2. The zero-order valence-electron chi connectivity index (χ0n) is 8.87. The van der Waals surface area contributed by atoms with Gasteiger partial charge in [0, 0.05) is 18.2 Å². The zero-order valence-corrected chi connectivity index (χ0v) is 9.68. The lowest BCUT2D eigenvalue weighted by molar-refractivity contribution is -0.136. The third kappa shape index (κ3) is 2.08. The summed E-state index contributed by atoms with van der Waals surface area (Å²) in [6, 6.07) is 0. The van der Waals surface area contributed by atoms with Gasteiger partial charge in [-0.2, -0.15) is 0 Å². The fourth-order valence-corrected chi connectivity index (χ4v) is 3.50. The van der Waals surface area contributed by atoms with Crippen LogP contribution in [0.4, 0.5) is 0 Å². The van der Waals surface area contributed by atoms with Gasteiger partial charge in [0.05, 0.1) is 5.37 Å². The van der Waals surface area contributed by atoms with E-state index in [9.17, 15) is 4.79 Å². The van der Waals surface area contributed by atoms with Crippen molar-refractivity contribution in [2.24, 2.45) is 5.92 Å². The van der Waals surface area contributed by atoms with Gasteiger partial charge in [0.2, 0.25) is 5.91 Å². The minimum absolute atomic E-state index is 0.352. The van der Waals surface area contributed by atoms with E-state index in [1.165, 1.54) is 19.3 Å². The van der Waals surface area contributed by atoms with Crippen molar-refractivity contribution in [3.8, 4) is 0 Å². The van der Waals surface area contributed by atoms with Crippen LogP contribution in [0.15, 0.2) is 0 Å². The molecular formula is C11H19NOS. The lowest BCUT2D eigenvalue weighted by Crippen LogP contribution is -2.38.